The van der Waals surface area contributed by atoms with Crippen LogP contribution in [0.2, 0.25) is 0 Å². The third kappa shape index (κ3) is 32.2. The summed E-state index contributed by atoms with van der Waals surface area (Å²) in [5.74, 6) is 4.78. The molecule has 0 radical (unpaired) electrons. The van der Waals surface area contributed by atoms with Gasteiger partial charge in [-0.25, -0.2) is 0 Å². The molecule has 0 amide bonds. The monoisotopic (exact) mass is 1660 g/mol. The predicted molar refractivity (Wildman–Crippen MR) is 501 cm³/mol. The van der Waals surface area contributed by atoms with Crippen molar-refractivity contribution in [3.8, 4) is 109 Å². The smallest absolute Gasteiger partial charge is 0.252 e. The molecule has 0 N–H and O–H groups in total. The number of aryl methyl sites for hydroxylation is 4. The van der Waals surface area contributed by atoms with E-state index in [1.165, 1.54) is 296 Å². The van der Waals surface area contributed by atoms with Gasteiger partial charge in [0.1, 0.15) is 23.0 Å². The molecule has 9 aromatic rings. The molecule has 0 unspecified atom stereocenters. The molecule has 0 saturated heterocycles. The second-order valence-corrected chi connectivity index (χ2v) is 37.1. The first-order chi connectivity index (χ1) is 57.3. The summed E-state index contributed by atoms with van der Waals surface area (Å²) in [6.07, 6.45) is 63.4. The lowest BCUT2D eigenvalue weighted by Crippen LogP contribution is -2.03. The molecule has 10 nitrogen and oxygen atoms in total. The number of hydrogen-bond donors (Lipinski definition) is 0. The van der Waals surface area contributed by atoms with E-state index >= 15 is 0 Å². The highest BCUT2D eigenvalue weighted by molar-refractivity contribution is 7.24. The number of thiophene rings is 4. The maximum Gasteiger partial charge on any atom is 0.252 e. The van der Waals surface area contributed by atoms with Crippen molar-refractivity contribution in [2.75, 3.05) is 26.4 Å². The molecule has 0 aliphatic heterocycles. The van der Waals surface area contributed by atoms with Gasteiger partial charge in [-0.05, 0) is 183 Å². The third-order valence-electron chi connectivity index (χ3n) is 23.0. The topological polar surface area (TPSA) is 115 Å². The van der Waals surface area contributed by atoms with Crippen molar-refractivity contribution in [2.24, 2.45) is 0 Å². The molecule has 0 aliphatic rings. The van der Waals surface area contributed by atoms with Gasteiger partial charge in [-0.2, -0.15) is 0 Å². The first-order valence-electron chi connectivity index (χ1n) is 47.4. The Kier molecular flexibility index (Phi) is 45.7. The zero-order valence-corrected chi connectivity index (χ0v) is 76.8. The lowest BCUT2D eigenvalue weighted by atomic mass is 10.00. The van der Waals surface area contributed by atoms with Crippen LogP contribution in [0.1, 0.15) is 386 Å². The van der Waals surface area contributed by atoms with Gasteiger partial charge in [0, 0.05) is 51.5 Å². The second kappa shape index (κ2) is 56.5. The van der Waals surface area contributed by atoms with Crippen molar-refractivity contribution < 1.29 is 27.8 Å². The second-order valence-electron chi connectivity index (χ2n) is 33.2. The van der Waals surface area contributed by atoms with Crippen LogP contribution in [0.15, 0.2) is 92.4 Å². The molecule has 638 valence electrons. The van der Waals surface area contributed by atoms with Gasteiger partial charge in [-0.1, -0.05) is 312 Å². The Balaban J connectivity index is 1.05. The number of rotatable bonds is 68. The lowest BCUT2D eigenvalue weighted by Gasteiger charge is -2.17. The van der Waals surface area contributed by atoms with Crippen molar-refractivity contribution in [1.82, 2.24) is 20.4 Å². The van der Waals surface area contributed by atoms with Gasteiger partial charge in [-0.15, -0.1) is 65.7 Å². The maximum absolute atomic E-state index is 7.09. The standard InChI is InChI=1S/C102H150N4O6S4/c1-9-17-25-33-41-49-57-79-69-93(113-77-79)95-71-83(59-51-43-35-27-19-11-3)97(115-95)85-73-91(109-67-55-47-39-31-23-15-7)87(75-89(85)107-65-53-45-37-29-21-13-5)101-105-103-99(111-101)81-61-63-82(64-62-81)100-104-106-102(112-100)88-76-90(108-66-54-46-38-30-22-14-6)86(74-92(88)110-68-56-48-40-32-24-16-8)98-84(60-52-44-36-28-20-12-4)72-96(116-98)94-70-80(78-114-94)58-50-42-34-26-18-10-2/h61-64,69-78H,9-60,65-68H2,1-8H3. The van der Waals surface area contributed by atoms with Gasteiger partial charge in [-0.3, -0.25) is 0 Å². The molecule has 0 saturated carbocycles. The van der Waals surface area contributed by atoms with Gasteiger partial charge < -0.3 is 27.8 Å². The average molecular weight is 1660 g/mol. The molecule has 0 bridgehead atoms. The lowest BCUT2D eigenvalue weighted by molar-refractivity contribution is 0.297. The van der Waals surface area contributed by atoms with Crippen molar-refractivity contribution in [3.63, 3.8) is 0 Å². The van der Waals surface area contributed by atoms with E-state index in [1.54, 1.807) is 0 Å². The molecule has 9 rings (SSSR count). The summed E-state index contributed by atoms with van der Waals surface area (Å²) >= 11 is 7.66. The summed E-state index contributed by atoms with van der Waals surface area (Å²) in [7, 11) is 0. The van der Waals surface area contributed by atoms with Crippen LogP contribution in [0.25, 0.3) is 86.2 Å². The van der Waals surface area contributed by atoms with Gasteiger partial charge in [0.05, 0.1) is 37.6 Å². The van der Waals surface area contributed by atoms with Gasteiger partial charge >= 0.3 is 0 Å². The Bertz CT molecular complexity index is 3800. The van der Waals surface area contributed by atoms with Crippen LogP contribution in [-0.4, -0.2) is 46.8 Å². The Labute approximate surface area is 719 Å². The van der Waals surface area contributed by atoms with Gasteiger partial charge in [0.2, 0.25) is 11.8 Å². The Morgan fingerprint density at radius 3 is 0.802 bits per heavy atom. The first-order valence-corrected chi connectivity index (χ1v) is 50.8. The quantitative estimate of drug-likeness (QED) is 0.0341. The summed E-state index contributed by atoms with van der Waals surface area (Å²) in [5.41, 5.74) is 11.0. The van der Waals surface area contributed by atoms with Crippen molar-refractivity contribution >= 4 is 45.3 Å². The van der Waals surface area contributed by atoms with Crippen molar-refractivity contribution in [1.29, 1.82) is 0 Å². The summed E-state index contributed by atoms with van der Waals surface area (Å²) < 4.78 is 41.9. The molecular weight excluding hydrogens is 1510 g/mol. The maximum atomic E-state index is 7.09. The molecule has 14 heteroatoms. The van der Waals surface area contributed by atoms with Crippen molar-refractivity contribution in [3.05, 3.63) is 106 Å². The van der Waals surface area contributed by atoms with E-state index in [1.807, 2.05) is 69.6 Å². The fraction of sp³-hybridized carbons (Fsp3) is 0.627. The zero-order valence-electron chi connectivity index (χ0n) is 73.6. The minimum absolute atomic E-state index is 0.398. The molecule has 116 heavy (non-hydrogen) atoms. The molecule has 3 aromatic carbocycles. The summed E-state index contributed by atoms with van der Waals surface area (Å²) in [6, 6.07) is 26.8. The molecule has 0 fully saturated rings. The molecule has 6 heterocycles. The largest absolute Gasteiger partial charge is 0.493 e. The summed E-state index contributed by atoms with van der Waals surface area (Å²) in [6.45, 7) is 20.8. The van der Waals surface area contributed by atoms with E-state index in [0.29, 0.717) is 50.0 Å². The van der Waals surface area contributed by atoms with E-state index in [2.05, 4.69) is 115 Å². The van der Waals surface area contributed by atoms with E-state index in [9.17, 15) is 0 Å². The third-order valence-corrected chi connectivity index (χ3v) is 27.8. The van der Waals surface area contributed by atoms with Gasteiger partial charge in [0.25, 0.3) is 11.8 Å². The number of ether oxygens (including phenoxy) is 4. The Hall–Kier alpha value is -6.06. The molecule has 6 aromatic heterocycles. The average Bonchev–Trinajstić information content (AvgIpc) is 1.58. The highest BCUT2D eigenvalue weighted by atomic mass is 32.1. The van der Waals surface area contributed by atoms with Crippen LogP contribution in [-0.2, 0) is 25.7 Å². The molecule has 0 aliphatic carbocycles. The van der Waals surface area contributed by atoms with Crippen LogP contribution in [0.3, 0.4) is 0 Å². The zero-order chi connectivity index (χ0) is 81.3. The highest BCUT2D eigenvalue weighted by Crippen LogP contribution is 2.51. The van der Waals surface area contributed by atoms with Crippen LogP contribution >= 0.6 is 45.3 Å². The minimum Gasteiger partial charge on any atom is -0.493 e. The van der Waals surface area contributed by atoms with E-state index < -0.39 is 0 Å². The van der Waals surface area contributed by atoms with Crippen LogP contribution in [0.5, 0.6) is 23.0 Å². The molecule has 0 spiro atoms. The van der Waals surface area contributed by atoms with E-state index in [4.69, 9.17) is 48.2 Å². The normalized spacial score (nSPS) is 11.7. The summed E-state index contributed by atoms with van der Waals surface area (Å²) in [4.78, 5) is 7.95. The van der Waals surface area contributed by atoms with Crippen molar-refractivity contribution in [2.45, 2.75) is 389 Å². The first kappa shape index (κ1) is 93.8. The summed E-state index contributed by atoms with van der Waals surface area (Å²) in [5, 5.41) is 24.1. The van der Waals surface area contributed by atoms with Crippen LogP contribution in [0, 0.1) is 0 Å². The highest BCUT2D eigenvalue weighted by Gasteiger charge is 2.27. The van der Waals surface area contributed by atoms with Gasteiger partial charge in [0.15, 0.2) is 0 Å². The number of unbranched alkanes of at least 4 members (excludes halogenated alkanes) is 40. The number of aromatic nitrogens is 4. The Morgan fingerprint density at radius 2 is 0.500 bits per heavy atom. The molecular formula is C102H150N4O6S4. The minimum atomic E-state index is 0.398. The number of benzene rings is 3. The van der Waals surface area contributed by atoms with E-state index in [0.717, 1.165) is 146 Å². The number of hydrogen-bond acceptors (Lipinski definition) is 14. The Morgan fingerprint density at radius 1 is 0.250 bits per heavy atom. The SMILES string of the molecule is CCCCCCCCOc1cc(-c2sc(-c3cc(CCCCCCCC)cs3)cc2CCCCCCCC)c(OCCCCCCCC)cc1-c1nnc(-c2ccc(-c3nnc(-c4cc(OCCCCCCCC)c(-c5sc(-c6cc(CCCCCCCC)cs6)cc5CCCCCCCC)cc4OCCCCCCCC)o3)cc2)o1. The van der Waals surface area contributed by atoms with Crippen LogP contribution < -0.4 is 18.9 Å². The van der Waals surface area contributed by atoms with E-state index in [-0.39, 0.29) is 0 Å². The fourth-order valence-electron chi connectivity index (χ4n) is 15.8. The molecule has 0 atom stereocenters. The predicted octanol–water partition coefficient (Wildman–Crippen LogP) is 34.6. The fourth-order valence-corrected chi connectivity index (χ4v) is 20.3. The van der Waals surface area contributed by atoms with Crippen LogP contribution in [0.4, 0.5) is 0 Å². The number of nitrogens with zero attached hydrogens (tertiary/aromatic N) is 4.